The van der Waals surface area contributed by atoms with E-state index in [1.165, 1.54) is 83.5 Å². The lowest BCUT2D eigenvalue weighted by Gasteiger charge is -2.10. The number of allylic oxidation sites excluding steroid dienone is 2. The Hall–Kier alpha value is -0.790. The second kappa shape index (κ2) is 18.5. The highest BCUT2D eigenvalue weighted by molar-refractivity contribution is 5.67. The van der Waals surface area contributed by atoms with Crippen molar-refractivity contribution in [3.05, 3.63) is 12.2 Å². The van der Waals surface area contributed by atoms with Crippen LogP contribution in [-0.4, -0.2) is 11.1 Å². The van der Waals surface area contributed by atoms with Gasteiger partial charge in [-0.3, -0.25) is 4.79 Å². The van der Waals surface area contributed by atoms with Gasteiger partial charge in [0.15, 0.2) is 0 Å². The Morgan fingerprint density at radius 2 is 1.29 bits per heavy atom. The molecule has 24 heavy (non-hydrogen) atoms. The first kappa shape index (κ1) is 23.2. The molecule has 0 aliphatic carbocycles. The van der Waals surface area contributed by atoms with Crippen LogP contribution in [0.15, 0.2) is 12.2 Å². The summed E-state index contributed by atoms with van der Waals surface area (Å²) in [5.41, 5.74) is 0. The van der Waals surface area contributed by atoms with E-state index >= 15 is 0 Å². The largest absolute Gasteiger partial charge is 0.481 e. The fourth-order valence-electron chi connectivity index (χ4n) is 3.17. The monoisotopic (exact) mass is 338 g/mol. The number of carbonyl (C=O) groups is 1. The van der Waals surface area contributed by atoms with Gasteiger partial charge in [-0.25, -0.2) is 0 Å². The number of aliphatic carboxylic acids is 1. The second-order valence-corrected chi connectivity index (χ2v) is 7.25. The van der Waals surface area contributed by atoms with Crippen molar-refractivity contribution in [2.24, 2.45) is 5.92 Å². The van der Waals surface area contributed by atoms with Gasteiger partial charge < -0.3 is 5.11 Å². The van der Waals surface area contributed by atoms with E-state index in [4.69, 9.17) is 5.11 Å². The summed E-state index contributed by atoms with van der Waals surface area (Å²) < 4.78 is 0. The average Bonchev–Trinajstić information content (AvgIpc) is 2.55. The molecule has 0 rings (SSSR count). The Kier molecular flexibility index (Phi) is 17.9. The van der Waals surface area contributed by atoms with Gasteiger partial charge in [0, 0.05) is 0 Å². The number of carboxylic acid groups (broad SMARTS) is 1. The summed E-state index contributed by atoms with van der Waals surface area (Å²) >= 11 is 0. The van der Waals surface area contributed by atoms with Gasteiger partial charge in [0.25, 0.3) is 0 Å². The topological polar surface area (TPSA) is 37.3 Å². The number of unbranched alkanes of at least 4 members (excludes halogenated alkanes) is 12. The smallest absolute Gasteiger partial charge is 0.303 e. The van der Waals surface area contributed by atoms with E-state index < -0.39 is 5.97 Å². The maximum Gasteiger partial charge on any atom is 0.303 e. The van der Waals surface area contributed by atoms with Crippen LogP contribution in [0.2, 0.25) is 0 Å². The number of hydrogen-bond acceptors (Lipinski definition) is 1. The summed E-state index contributed by atoms with van der Waals surface area (Å²) in [7, 11) is 0. The lowest BCUT2D eigenvalue weighted by molar-refractivity contribution is -0.137. The Bertz CT molecular complexity index is 296. The molecule has 0 spiro atoms. The normalized spacial score (nSPS) is 12.8. The molecule has 0 fully saturated rings. The predicted octanol–water partition coefficient (Wildman–Crippen LogP) is 7.52. The number of carboxylic acids is 1. The standard InChI is InChI=1S/C22H42O2/c1-3-5-7-9-10-11-12-13-14-15-17-19-21(20-22(23)24)18-16-8-6-4-2/h16,18,21H,3-15,17,19-20H2,1-2H3,(H,23,24). The molecular weight excluding hydrogens is 296 g/mol. The van der Waals surface area contributed by atoms with Crippen LogP contribution in [0, 0.1) is 5.92 Å². The van der Waals surface area contributed by atoms with Crippen molar-refractivity contribution < 1.29 is 9.90 Å². The molecule has 1 unspecified atom stereocenters. The average molecular weight is 339 g/mol. The van der Waals surface area contributed by atoms with E-state index in [1.807, 2.05) is 0 Å². The third-order valence-corrected chi connectivity index (χ3v) is 4.75. The molecule has 0 aliphatic rings. The van der Waals surface area contributed by atoms with Gasteiger partial charge in [-0.1, -0.05) is 109 Å². The van der Waals surface area contributed by atoms with Crippen LogP contribution < -0.4 is 0 Å². The summed E-state index contributed by atoms with van der Waals surface area (Å²) in [4.78, 5) is 11.0. The van der Waals surface area contributed by atoms with Crippen molar-refractivity contribution in [2.45, 2.75) is 117 Å². The maximum atomic E-state index is 11.0. The van der Waals surface area contributed by atoms with Crippen LogP contribution in [-0.2, 0) is 4.79 Å². The Labute approximate surface area is 151 Å². The van der Waals surface area contributed by atoms with Gasteiger partial charge in [0.1, 0.15) is 0 Å². The Morgan fingerprint density at radius 3 is 1.79 bits per heavy atom. The van der Waals surface area contributed by atoms with Gasteiger partial charge in [-0.05, 0) is 18.8 Å². The fraction of sp³-hybridized carbons (Fsp3) is 0.864. The van der Waals surface area contributed by atoms with Gasteiger partial charge in [-0.2, -0.15) is 0 Å². The molecule has 0 amide bonds. The summed E-state index contributed by atoms with van der Waals surface area (Å²) in [5.74, 6) is -0.430. The van der Waals surface area contributed by atoms with Crippen LogP contribution in [0.1, 0.15) is 117 Å². The molecule has 1 N–H and O–H groups in total. The minimum atomic E-state index is -0.664. The van der Waals surface area contributed by atoms with Gasteiger partial charge >= 0.3 is 5.97 Å². The minimum absolute atomic E-state index is 0.234. The van der Waals surface area contributed by atoms with Gasteiger partial charge in [0.2, 0.25) is 0 Å². The quantitative estimate of drug-likeness (QED) is 0.207. The van der Waals surface area contributed by atoms with Crippen molar-refractivity contribution in [1.82, 2.24) is 0 Å². The Balaban J connectivity index is 3.58. The van der Waals surface area contributed by atoms with Crippen molar-refractivity contribution in [1.29, 1.82) is 0 Å². The van der Waals surface area contributed by atoms with E-state index in [0.29, 0.717) is 6.42 Å². The maximum absolute atomic E-state index is 11.0. The van der Waals surface area contributed by atoms with Crippen molar-refractivity contribution >= 4 is 5.97 Å². The molecule has 1 atom stereocenters. The van der Waals surface area contributed by atoms with Crippen molar-refractivity contribution in [3.8, 4) is 0 Å². The van der Waals surface area contributed by atoms with E-state index in [2.05, 4.69) is 26.0 Å². The predicted molar refractivity (Wildman–Crippen MR) is 105 cm³/mol. The minimum Gasteiger partial charge on any atom is -0.481 e. The first-order valence-electron chi connectivity index (χ1n) is 10.6. The number of hydrogen-bond donors (Lipinski definition) is 1. The van der Waals surface area contributed by atoms with Crippen LogP contribution in [0.4, 0.5) is 0 Å². The molecule has 0 aromatic rings. The summed E-state index contributed by atoms with van der Waals surface area (Å²) in [5, 5.41) is 9.03. The third-order valence-electron chi connectivity index (χ3n) is 4.75. The van der Waals surface area contributed by atoms with Crippen LogP contribution in [0.25, 0.3) is 0 Å². The first-order valence-corrected chi connectivity index (χ1v) is 10.6. The molecule has 142 valence electrons. The molecular formula is C22H42O2. The molecule has 0 saturated carbocycles. The highest BCUT2D eigenvalue weighted by Gasteiger charge is 2.09. The molecule has 0 saturated heterocycles. The molecule has 0 aromatic heterocycles. The molecule has 0 aliphatic heterocycles. The van der Waals surface area contributed by atoms with Crippen molar-refractivity contribution in [2.75, 3.05) is 0 Å². The molecule has 0 aromatic carbocycles. The lowest BCUT2D eigenvalue weighted by atomic mass is 9.96. The zero-order valence-corrected chi connectivity index (χ0v) is 16.4. The van der Waals surface area contributed by atoms with E-state index in [9.17, 15) is 4.79 Å². The fourth-order valence-corrected chi connectivity index (χ4v) is 3.17. The lowest BCUT2D eigenvalue weighted by Crippen LogP contribution is -2.05. The van der Waals surface area contributed by atoms with Gasteiger partial charge in [0.05, 0.1) is 6.42 Å². The number of rotatable bonds is 18. The van der Waals surface area contributed by atoms with Crippen LogP contribution in [0.3, 0.4) is 0 Å². The first-order chi connectivity index (χ1) is 11.7. The zero-order valence-electron chi connectivity index (χ0n) is 16.4. The van der Waals surface area contributed by atoms with Crippen molar-refractivity contribution in [3.63, 3.8) is 0 Å². The second-order valence-electron chi connectivity index (χ2n) is 7.25. The Morgan fingerprint density at radius 1 is 0.792 bits per heavy atom. The summed E-state index contributed by atoms with van der Waals surface area (Å²) in [6.07, 6.45) is 24.0. The summed E-state index contributed by atoms with van der Waals surface area (Å²) in [6.45, 7) is 4.45. The van der Waals surface area contributed by atoms with Gasteiger partial charge in [-0.15, -0.1) is 0 Å². The molecule has 0 heterocycles. The van der Waals surface area contributed by atoms with Crippen LogP contribution in [0.5, 0.6) is 0 Å². The van der Waals surface area contributed by atoms with Crippen LogP contribution >= 0.6 is 0 Å². The third kappa shape index (κ3) is 17.6. The molecule has 2 nitrogen and oxygen atoms in total. The van der Waals surface area contributed by atoms with E-state index in [-0.39, 0.29) is 5.92 Å². The van der Waals surface area contributed by atoms with E-state index in [1.54, 1.807) is 0 Å². The molecule has 0 radical (unpaired) electrons. The SMILES string of the molecule is CCCCC=CC(CCCCCCCCCCCCC)CC(=O)O. The highest BCUT2D eigenvalue weighted by atomic mass is 16.4. The van der Waals surface area contributed by atoms with E-state index in [0.717, 1.165) is 12.8 Å². The molecule has 0 bridgehead atoms. The summed E-state index contributed by atoms with van der Waals surface area (Å²) in [6, 6.07) is 0. The highest BCUT2D eigenvalue weighted by Crippen LogP contribution is 2.18. The molecule has 2 heteroatoms. The zero-order chi connectivity index (χ0) is 17.9.